The monoisotopic (exact) mass is 340 g/mol. The quantitative estimate of drug-likeness (QED) is 0.823. The lowest BCUT2D eigenvalue weighted by molar-refractivity contribution is 0.114. The molecule has 1 saturated carbocycles. The third-order valence-electron chi connectivity index (χ3n) is 7.45. The minimum atomic E-state index is 0.354. The van der Waals surface area contributed by atoms with Crippen molar-refractivity contribution < 1.29 is 0 Å². The summed E-state index contributed by atoms with van der Waals surface area (Å²) in [6.45, 7) is 7.04. The summed E-state index contributed by atoms with van der Waals surface area (Å²) in [5.41, 5.74) is 3.29. The summed E-state index contributed by atoms with van der Waals surface area (Å²) in [4.78, 5) is 15.2. The first-order valence-corrected chi connectivity index (χ1v) is 10.6. The topological polar surface area (TPSA) is 32.3 Å². The smallest absolute Gasteiger partial charge is 0.135 e. The Bertz CT molecular complexity index is 636. The molecule has 1 spiro atoms. The van der Waals surface area contributed by atoms with E-state index in [4.69, 9.17) is 9.97 Å². The predicted octanol–water partition coefficient (Wildman–Crippen LogP) is 3.61. The lowest BCUT2D eigenvalue weighted by atomic mass is 9.75. The first-order chi connectivity index (χ1) is 12.3. The van der Waals surface area contributed by atoms with Gasteiger partial charge in [-0.1, -0.05) is 12.8 Å². The van der Waals surface area contributed by atoms with Crippen LogP contribution in [0.2, 0.25) is 0 Å². The highest BCUT2D eigenvalue weighted by atomic mass is 15.2. The molecule has 0 N–H and O–H groups in total. The maximum absolute atomic E-state index is 5.03. The van der Waals surface area contributed by atoms with Crippen molar-refractivity contribution in [3.8, 4) is 0 Å². The standard InChI is InChI=1S/C21H32N4/c1-16-22-19-18(20(23-16)25-12-4-5-13-25)8-9-21(19)10-14-24(15-11-21)17-6-2-3-7-17/h17H,2-15H2,1H3. The number of hydrogen-bond acceptors (Lipinski definition) is 4. The first kappa shape index (κ1) is 16.0. The molecule has 4 nitrogen and oxygen atoms in total. The van der Waals surface area contributed by atoms with Gasteiger partial charge in [-0.2, -0.15) is 0 Å². The zero-order valence-corrected chi connectivity index (χ0v) is 15.8. The second-order valence-corrected chi connectivity index (χ2v) is 8.87. The fourth-order valence-corrected chi connectivity index (χ4v) is 6.00. The molecule has 5 rings (SSSR count). The van der Waals surface area contributed by atoms with Crippen LogP contribution in [0.4, 0.5) is 5.82 Å². The van der Waals surface area contributed by atoms with Crippen molar-refractivity contribution in [2.45, 2.75) is 82.6 Å². The predicted molar refractivity (Wildman–Crippen MR) is 101 cm³/mol. The van der Waals surface area contributed by atoms with Crippen LogP contribution in [-0.4, -0.2) is 47.1 Å². The summed E-state index contributed by atoms with van der Waals surface area (Å²) >= 11 is 0. The largest absolute Gasteiger partial charge is 0.356 e. The number of aromatic nitrogens is 2. The number of nitrogens with zero attached hydrogens (tertiary/aromatic N) is 4. The highest BCUT2D eigenvalue weighted by Gasteiger charge is 2.45. The number of hydrogen-bond donors (Lipinski definition) is 0. The molecule has 0 atom stereocenters. The van der Waals surface area contributed by atoms with Gasteiger partial charge in [-0.3, -0.25) is 0 Å². The lowest BCUT2D eigenvalue weighted by Gasteiger charge is -2.42. The Balaban J connectivity index is 1.41. The van der Waals surface area contributed by atoms with Crippen LogP contribution in [0.3, 0.4) is 0 Å². The van der Waals surface area contributed by atoms with Crippen LogP contribution < -0.4 is 4.90 Å². The fourth-order valence-electron chi connectivity index (χ4n) is 6.00. The Morgan fingerprint density at radius 1 is 0.880 bits per heavy atom. The van der Waals surface area contributed by atoms with Crippen molar-refractivity contribution in [1.29, 1.82) is 0 Å². The van der Waals surface area contributed by atoms with E-state index in [1.54, 1.807) is 0 Å². The average molecular weight is 341 g/mol. The van der Waals surface area contributed by atoms with Crippen molar-refractivity contribution in [1.82, 2.24) is 14.9 Å². The van der Waals surface area contributed by atoms with E-state index in [0.717, 1.165) is 11.9 Å². The van der Waals surface area contributed by atoms with Gasteiger partial charge in [0.2, 0.25) is 0 Å². The van der Waals surface area contributed by atoms with E-state index in [0.29, 0.717) is 5.41 Å². The van der Waals surface area contributed by atoms with Crippen LogP contribution in [0.15, 0.2) is 0 Å². The van der Waals surface area contributed by atoms with E-state index < -0.39 is 0 Å². The van der Waals surface area contributed by atoms with Gasteiger partial charge in [0.15, 0.2) is 0 Å². The molecule has 1 aromatic rings. The normalized spacial score (nSPS) is 26.7. The molecule has 4 heteroatoms. The zero-order chi connectivity index (χ0) is 16.9. The van der Waals surface area contributed by atoms with Crippen LogP contribution in [0.5, 0.6) is 0 Å². The van der Waals surface area contributed by atoms with Gasteiger partial charge in [-0.15, -0.1) is 0 Å². The second kappa shape index (κ2) is 6.22. The molecule has 3 heterocycles. The van der Waals surface area contributed by atoms with Crippen LogP contribution in [0.1, 0.15) is 74.9 Å². The van der Waals surface area contributed by atoms with E-state index in [1.807, 2.05) is 0 Å². The number of piperidine rings is 1. The third kappa shape index (κ3) is 2.68. The Hall–Kier alpha value is -1.16. The molecule has 0 bridgehead atoms. The molecule has 4 aliphatic rings. The highest BCUT2D eigenvalue weighted by molar-refractivity contribution is 5.54. The second-order valence-electron chi connectivity index (χ2n) is 8.87. The van der Waals surface area contributed by atoms with Crippen LogP contribution in [0, 0.1) is 6.92 Å². The molecule has 0 amide bonds. The van der Waals surface area contributed by atoms with Gasteiger partial charge in [0.1, 0.15) is 11.6 Å². The summed E-state index contributed by atoms with van der Waals surface area (Å²) in [7, 11) is 0. The number of likely N-dealkylation sites (tertiary alicyclic amines) is 1. The van der Waals surface area contributed by atoms with Crippen LogP contribution in [-0.2, 0) is 11.8 Å². The average Bonchev–Trinajstić information content (AvgIpc) is 3.37. The maximum atomic E-state index is 5.03. The molecule has 136 valence electrons. The third-order valence-corrected chi connectivity index (χ3v) is 7.45. The van der Waals surface area contributed by atoms with Gasteiger partial charge in [-0.25, -0.2) is 9.97 Å². The van der Waals surface area contributed by atoms with Crippen LogP contribution in [0.25, 0.3) is 0 Å². The fraction of sp³-hybridized carbons (Fsp3) is 0.810. The molecule has 2 aliphatic carbocycles. The molecular formula is C21H32N4. The molecule has 2 saturated heterocycles. The molecule has 3 fully saturated rings. The summed E-state index contributed by atoms with van der Waals surface area (Å²) < 4.78 is 0. The first-order valence-electron chi connectivity index (χ1n) is 10.6. The van der Waals surface area contributed by atoms with E-state index in [2.05, 4.69) is 16.7 Å². The Labute approximate surface area is 152 Å². The van der Waals surface area contributed by atoms with E-state index >= 15 is 0 Å². The Kier molecular flexibility index (Phi) is 3.99. The molecule has 2 aliphatic heterocycles. The van der Waals surface area contributed by atoms with Crippen molar-refractivity contribution in [3.05, 3.63) is 17.1 Å². The molecule has 0 unspecified atom stereocenters. The van der Waals surface area contributed by atoms with Crippen molar-refractivity contribution in [2.75, 3.05) is 31.1 Å². The SMILES string of the molecule is Cc1nc(N2CCCC2)c2c(n1)C1(CC2)CCN(C2CCCC2)CC1. The molecule has 0 radical (unpaired) electrons. The van der Waals surface area contributed by atoms with E-state index in [1.165, 1.54) is 107 Å². The number of aryl methyl sites for hydroxylation is 1. The van der Waals surface area contributed by atoms with Gasteiger partial charge >= 0.3 is 0 Å². The van der Waals surface area contributed by atoms with Gasteiger partial charge in [0.05, 0.1) is 5.69 Å². The summed E-state index contributed by atoms with van der Waals surface area (Å²) in [5.74, 6) is 2.27. The van der Waals surface area contributed by atoms with Gasteiger partial charge < -0.3 is 9.80 Å². The van der Waals surface area contributed by atoms with Crippen LogP contribution >= 0.6 is 0 Å². The molecule has 0 aromatic carbocycles. The summed E-state index contributed by atoms with van der Waals surface area (Å²) in [5, 5.41) is 0. The summed E-state index contributed by atoms with van der Waals surface area (Å²) in [6.07, 6.45) is 13.5. The highest BCUT2D eigenvalue weighted by Crippen LogP contribution is 2.48. The van der Waals surface area contributed by atoms with Crippen molar-refractivity contribution in [2.24, 2.45) is 0 Å². The Morgan fingerprint density at radius 3 is 2.32 bits per heavy atom. The van der Waals surface area contributed by atoms with Crippen molar-refractivity contribution >= 4 is 5.82 Å². The maximum Gasteiger partial charge on any atom is 0.135 e. The summed E-state index contributed by atoms with van der Waals surface area (Å²) in [6, 6.07) is 0.880. The number of rotatable bonds is 2. The zero-order valence-electron chi connectivity index (χ0n) is 15.8. The number of fused-ring (bicyclic) bond motifs is 2. The Morgan fingerprint density at radius 2 is 1.60 bits per heavy atom. The minimum absolute atomic E-state index is 0.354. The van der Waals surface area contributed by atoms with E-state index in [-0.39, 0.29) is 0 Å². The number of anilines is 1. The molecule has 25 heavy (non-hydrogen) atoms. The van der Waals surface area contributed by atoms with Gasteiger partial charge in [-0.05, 0) is 71.4 Å². The van der Waals surface area contributed by atoms with Gasteiger partial charge in [0.25, 0.3) is 0 Å². The van der Waals surface area contributed by atoms with Gasteiger partial charge in [0, 0.05) is 30.1 Å². The van der Waals surface area contributed by atoms with Crippen molar-refractivity contribution in [3.63, 3.8) is 0 Å². The van der Waals surface area contributed by atoms with E-state index in [9.17, 15) is 0 Å². The molecule has 1 aromatic heterocycles. The minimum Gasteiger partial charge on any atom is -0.356 e. The lowest BCUT2D eigenvalue weighted by Crippen LogP contribution is -2.45. The molecular weight excluding hydrogens is 308 g/mol.